The highest BCUT2D eigenvalue weighted by Gasteiger charge is 2.21. The van der Waals surface area contributed by atoms with Crippen LogP contribution in [0.2, 0.25) is 0 Å². The molecular formula is C21H19FN4O3S. The summed E-state index contributed by atoms with van der Waals surface area (Å²) in [5.74, 6) is -0.714. The molecule has 30 heavy (non-hydrogen) atoms. The molecular weight excluding hydrogens is 407 g/mol. The van der Waals surface area contributed by atoms with Crippen LogP contribution in [0.4, 0.5) is 4.39 Å². The number of esters is 1. The summed E-state index contributed by atoms with van der Waals surface area (Å²) in [6.07, 6.45) is 1.46. The van der Waals surface area contributed by atoms with E-state index in [9.17, 15) is 14.0 Å². The minimum absolute atomic E-state index is 0.0779. The Labute approximate surface area is 176 Å². The Morgan fingerprint density at radius 2 is 1.80 bits per heavy atom. The number of carbonyl (C=O) groups excluding carboxylic acids is 1. The summed E-state index contributed by atoms with van der Waals surface area (Å²) in [4.78, 5) is 24.7. The molecule has 1 N–H and O–H groups in total. The van der Waals surface area contributed by atoms with Gasteiger partial charge in [-0.1, -0.05) is 20.8 Å². The van der Waals surface area contributed by atoms with Gasteiger partial charge in [-0.25, -0.2) is 9.18 Å². The summed E-state index contributed by atoms with van der Waals surface area (Å²) in [5.41, 5.74) is 0.350. The number of H-pyrrole nitrogens is 1. The monoisotopic (exact) mass is 426 g/mol. The fraction of sp³-hybridized carbons (Fsp3) is 0.190. The molecule has 0 radical (unpaired) electrons. The summed E-state index contributed by atoms with van der Waals surface area (Å²) in [6, 6.07) is 11.6. The van der Waals surface area contributed by atoms with E-state index in [0.29, 0.717) is 17.0 Å². The molecule has 0 fully saturated rings. The third-order valence-electron chi connectivity index (χ3n) is 4.05. The van der Waals surface area contributed by atoms with Crippen molar-refractivity contribution in [1.82, 2.24) is 14.9 Å². The van der Waals surface area contributed by atoms with E-state index in [1.165, 1.54) is 30.5 Å². The number of benzene rings is 2. The van der Waals surface area contributed by atoms with Crippen LogP contribution in [0.15, 0.2) is 58.4 Å². The maximum Gasteiger partial charge on any atom is 0.343 e. The first-order valence-electron chi connectivity index (χ1n) is 8.99. The van der Waals surface area contributed by atoms with Crippen molar-refractivity contribution in [1.29, 1.82) is 0 Å². The van der Waals surface area contributed by atoms with Gasteiger partial charge in [0.1, 0.15) is 17.3 Å². The number of hydrogen-bond donors (Lipinski definition) is 1. The van der Waals surface area contributed by atoms with E-state index >= 15 is 0 Å². The lowest BCUT2D eigenvalue weighted by Gasteiger charge is -2.16. The van der Waals surface area contributed by atoms with Gasteiger partial charge in [-0.15, -0.1) is 0 Å². The predicted molar refractivity (Wildman–Crippen MR) is 113 cm³/mol. The molecule has 0 bridgehead atoms. The van der Waals surface area contributed by atoms with Gasteiger partial charge in [-0.3, -0.25) is 9.89 Å². The molecule has 2 aromatic carbocycles. The molecule has 3 rings (SSSR count). The average molecular weight is 426 g/mol. The molecule has 0 aliphatic heterocycles. The number of carbonyl (C=O) groups is 1. The van der Waals surface area contributed by atoms with Crippen LogP contribution < -0.4 is 10.3 Å². The number of hydrogen-bond acceptors (Lipinski definition) is 6. The van der Waals surface area contributed by atoms with Crippen LogP contribution in [-0.4, -0.2) is 27.1 Å². The van der Waals surface area contributed by atoms with E-state index < -0.39 is 22.8 Å². The second kappa shape index (κ2) is 8.50. The molecule has 0 unspecified atom stereocenters. The molecule has 154 valence electrons. The van der Waals surface area contributed by atoms with E-state index in [0.717, 1.165) is 4.68 Å². The number of rotatable bonds is 4. The lowest BCUT2D eigenvalue weighted by atomic mass is 9.93. The molecule has 0 aliphatic rings. The van der Waals surface area contributed by atoms with E-state index in [1.54, 1.807) is 24.3 Å². The first-order valence-corrected chi connectivity index (χ1v) is 9.40. The molecule has 0 spiro atoms. The molecule has 0 aliphatic carbocycles. The first kappa shape index (κ1) is 21.3. The number of halogens is 1. The lowest BCUT2D eigenvalue weighted by molar-refractivity contribution is 0.0734. The highest BCUT2D eigenvalue weighted by Crippen LogP contribution is 2.16. The smallest absolute Gasteiger partial charge is 0.343 e. The Balaban J connectivity index is 1.77. The minimum Gasteiger partial charge on any atom is -0.423 e. The summed E-state index contributed by atoms with van der Waals surface area (Å²) in [5, 5.41) is 10.8. The van der Waals surface area contributed by atoms with E-state index in [2.05, 4.69) is 15.3 Å². The molecule has 3 aromatic rings. The van der Waals surface area contributed by atoms with Gasteiger partial charge in [-0.05, 0) is 66.3 Å². The van der Waals surface area contributed by atoms with E-state index in [1.807, 2.05) is 20.8 Å². The average Bonchev–Trinajstić information content (AvgIpc) is 2.68. The number of aromatic amines is 1. The van der Waals surface area contributed by atoms with Gasteiger partial charge in [0, 0.05) is 5.41 Å². The van der Waals surface area contributed by atoms with Gasteiger partial charge in [0.2, 0.25) is 4.77 Å². The van der Waals surface area contributed by atoms with Crippen molar-refractivity contribution >= 4 is 24.4 Å². The summed E-state index contributed by atoms with van der Waals surface area (Å²) in [7, 11) is 0. The number of ether oxygens (including phenoxy) is 1. The second-order valence-corrected chi connectivity index (χ2v) is 7.84. The minimum atomic E-state index is -0.597. The van der Waals surface area contributed by atoms with Crippen LogP contribution in [0.1, 0.15) is 42.4 Å². The van der Waals surface area contributed by atoms with Crippen LogP contribution in [0.5, 0.6) is 5.75 Å². The standard InChI is InChI=1S/C21H19FN4O3S/c1-21(2,3)17-18(27)26(20(30)25-24-17)23-12-13-4-10-16(11-5-13)29-19(28)14-6-8-15(22)9-7-14/h4-12H,1-3H3,(H,25,30)/b23-12-. The molecule has 0 amide bonds. The maximum atomic E-state index is 12.9. The topological polar surface area (TPSA) is 89.3 Å². The molecule has 1 heterocycles. The SMILES string of the molecule is CC(C)(C)c1n[nH]c(=S)n(/N=C\c2ccc(OC(=O)c3ccc(F)cc3)cc2)c1=O. The Morgan fingerprint density at radius 3 is 2.40 bits per heavy atom. The lowest BCUT2D eigenvalue weighted by Crippen LogP contribution is -2.32. The Kier molecular flexibility index (Phi) is 6.02. The first-order chi connectivity index (χ1) is 14.1. The molecule has 0 saturated carbocycles. The Hall–Kier alpha value is -3.46. The number of nitrogens with one attached hydrogen (secondary N) is 1. The van der Waals surface area contributed by atoms with Gasteiger partial charge in [0.05, 0.1) is 11.8 Å². The summed E-state index contributed by atoms with van der Waals surface area (Å²) < 4.78 is 19.4. The van der Waals surface area contributed by atoms with Crippen molar-refractivity contribution in [3.8, 4) is 5.75 Å². The van der Waals surface area contributed by atoms with E-state index in [4.69, 9.17) is 17.0 Å². The number of aromatic nitrogens is 3. The second-order valence-electron chi connectivity index (χ2n) is 7.45. The normalized spacial score (nSPS) is 11.6. The van der Waals surface area contributed by atoms with E-state index in [-0.39, 0.29) is 10.3 Å². The largest absolute Gasteiger partial charge is 0.423 e. The molecule has 7 nitrogen and oxygen atoms in total. The zero-order valence-electron chi connectivity index (χ0n) is 16.5. The Bertz CT molecular complexity index is 1210. The third-order valence-corrected chi connectivity index (χ3v) is 4.32. The molecule has 1 aromatic heterocycles. The van der Waals surface area contributed by atoms with Crippen LogP contribution in [0.3, 0.4) is 0 Å². The van der Waals surface area contributed by atoms with Gasteiger partial charge in [-0.2, -0.15) is 14.9 Å². The molecule has 0 atom stereocenters. The van der Waals surface area contributed by atoms with Crippen molar-refractivity contribution < 1.29 is 13.9 Å². The number of nitrogens with zero attached hydrogens (tertiary/aromatic N) is 3. The van der Waals surface area contributed by atoms with Crippen LogP contribution >= 0.6 is 12.2 Å². The van der Waals surface area contributed by atoms with Crippen molar-refractivity contribution in [3.63, 3.8) is 0 Å². The van der Waals surface area contributed by atoms with Crippen molar-refractivity contribution in [2.24, 2.45) is 5.10 Å². The van der Waals surface area contributed by atoms with Crippen molar-refractivity contribution in [3.05, 3.63) is 86.3 Å². The third kappa shape index (κ3) is 4.93. The van der Waals surface area contributed by atoms with Gasteiger partial charge in [0.25, 0.3) is 5.56 Å². The van der Waals surface area contributed by atoms with Crippen LogP contribution in [-0.2, 0) is 5.41 Å². The fourth-order valence-electron chi connectivity index (χ4n) is 2.48. The zero-order valence-corrected chi connectivity index (χ0v) is 17.4. The summed E-state index contributed by atoms with van der Waals surface area (Å²) in [6.45, 7) is 5.61. The van der Waals surface area contributed by atoms with Gasteiger partial charge >= 0.3 is 5.97 Å². The molecule has 9 heteroatoms. The van der Waals surface area contributed by atoms with Crippen molar-refractivity contribution in [2.45, 2.75) is 26.2 Å². The quantitative estimate of drug-likeness (QED) is 0.296. The predicted octanol–water partition coefficient (Wildman–Crippen LogP) is 3.84. The van der Waals surface area contributed by atoms with Crippen molar-refractivity contribution in [2.75, 3.05) is 0 Å². The summed E-state index contributed by atoms with van der Waals surface area (Å²) >= 11 is 5.11. The fourth-order valence-corrected chi connectivity index (χ4v) is 2.66. The zero-order chi connectivity index (χ0) is 21.9. The van der Waals surface area contributed by atoms with Gasteiger partial charge < -0.3 is 4.74 Å². The Morgan fingerprint density at radius 1 is 1.17 bits per heavy atom. The van der Waals surface area contributed by atoms with Crippen LogP contribution in [0.25, 0.3) is 0 Å². The van der Waals surface area contributed by atoms with Gasteiger partial charge in [0.15, 0.2) is 0 Å². The molecule has 0 saturated heterocycles. The highest BCUT2D eigenvalue weighted by molar-refractivity contribution is 7.71. The maximum absolute atomic E-state index is 12.9. The van der Waals surface area contributed by atoms with Crippen LogP contribution in [0, 0.1) is 10.6 Å². The highest BCUT2D eigenvalue weighted by atomic mass is 32.1.